The fraction of sp³-hybridized carbons (Fsp3) is 0.100. The predicted octanol–water partition coefficient (Wildman–Crippen LogP) is 3.94. The van der Waals surface area contributed by atoms with Gasteiger partial charge in [-0.3, -0.25) is 0 Å². The van der Waals surface area contributed by atoms with E-state index in [1.54, 1.807) is 12.1 Å². The molecule has 0 unspecified atom stereocenters. The molecule has 80 valence electrons. The molecule has 0 aromatic heterocycles. The second kappa shape index (κ2) is 5.54. The van der Waals surface area contributed by atoms with Crippen molar-refractivity contribution >= 4 is 51.2 Å². The van der Waals surface area contributed by atoms with E-state index >= 15 is 0 Å². The van der Waals surface area contributed by atoms with Crippen molar-refractivity contribution in [1.82, 2.24) is 0 Å². The number of esters is 1. The molecule has 0 atom stereocenters. The molecule has 0 saturated heterocycles. The van der Waals surface area contributed by atoms with E-state index in [0.29, 0.717) is 15.6 Å². The maximum absolute atomic E-state index is 10.9. The standard InChI is InChI=1S/C10H7BrCl2O2/c1-15-10(14)3-2-7-8(12)4-6(11)5-9(7)13/h2-5H,1H3. The van der Waals surface area contributed by atoms with Gasteiger partial charge in [0.2, 0.25) is 0 Å². The van der Waals surface area contributed by atoms with Gasteiger partial charge >= 0.3 is 5.97 Å². The van der Waals surface area contributed by atoms with Crippen molar-refractivity contribution in [2.75, 3.05) is 7.11 Å². The monoisotopic (exact) mass is 308 g/mol. The van der Waals surface area contributed by atoms with Crippen LogP contribution in [-0.2, 0) is 9.53 Å². The van der Waals surface area contributed by atoms with E-state index in [9.17, 15) is 4.79 Å². The van der Waals surface area contributed by atoms with Crippen LogP contribution >= 0.6 is 39.1 Å². The molecule has 5 heteroatoms. The van der Waals surface area contributed by atoms with Crippen LogP contribution in [0.5, 0.6) is 0 Å². The lowest BCUT2D eigenvalue weighted by molar-refractivity contribution is -0.134. The van der Waals surface area contributed by atoms with Gasteiger partial charge in [0.1, 0.15) is 0 Å². The molecular formula is C10H7BrCl2O2. The third-order valence-corrected chi connectivity index (χ3v) is 2.71. The van der Waals surface area contributed by atoms with Crippen molar-refractivity contribution < 1.29 is 9.53 Å². The summed E-state index contributed by atoms with van der Waals surface area (Å²) in [6.07, 6.45) is 2.78. The molecule has 0 aliphatic heterocycles. The number of rotatable bonds is 2. The van der Waals surface area contributed by atoms with Crippen LogP contribution in [-0.4, -0.2) is 13.1 Å². The van der Waals surface area contributed by atoms with Crippen LogP contribution < -0.4 is 0 Å². The predicted molar refractivity (Wildman–Crippen MR) is 65.2 cm³/mol. The van der Waals surface area contributed by atoms with Crippen molar-refractivity contribution in [2.45, 2.75) is 0 Å². The average Bonchev–Trinajstić information content (AvgIpc) is 2.15. The highest BCUT2D eigenvalue weighted by molar-refractivity contribution is 9.10. The topological polar surface area (TPSA) is 26.3 Å². The van der Waals surface area contributed by atoms with Crippen molar-refractivity contribution in [2.24, 2.45) is 0 Å². The normalized spacial score (nSPS) is 10.7. The summed E-state index contributed by atoms with van der Waals surface area (Å²) in [6.45, 7) is 0. The van der Waals surface area contributed by atoms with Gasteiger partial charge in [-0.2, -0.15) is 0 Å². The van der Waals surface area contributed by atoms with Crippen LogP contribution in [0.1, 0.15) is 5.56 Å². The van der Waals surface area contributed by atoms with E-state index in [2.05, 4.69) is 20.7 Å². The minimum atomic E-state index is -0.454. The van der Waals surface area contributed by atoms with E-state index < -0.39 is 5.97 Å². The number of ether oxygens (including phenoxy) is 1. The Morgan fingerprint density at radius 3 is 2.40 bits per heavy atom. The summed E-state index contributed by atoms with van der Waals surface area (Å²) < 4.78 is 5.24. The van der Waals surface area contributed by atoms with E-state index in [4.69, 9.17) is 23.2 Å². The number of hydrogen-bond acceptors (Lipinski definition) is 2. The molecule has 0 aliphatic rings. The highest BCUT2D eigenvalue weighted by Crippen LogP contribution is 2.30. The Morgan fingerprint density at radius 2 is 1.93 bits per heavy atom. The zero-order chi connectivity index (χ0) is 11.4. The molecule has 0 amide bonds. The lowest BCUT2D eigenvalue weighted by Crippen LogP contribution is -1.93. The van der Waals surface area contributed by atoms with E-state index in [-0.39, 0.29) is 0 Å². The van der Waals surface area contributed by atoms with E-state index in [1.165, 1.54) is 19.3 Å². The zero-order valence-corrected chi connectivity index (χ0v) is 10.9. The third kappa shape index (κ3) is 3.52. The maximum atomic E-state index is 10.9. The van der Waals surface area contributed by atoms with Gasteiger partial charge in [0.05, 0.1) is 17.2 Å². The average molecular weight is 310 g/mol. The molecule has 0 spiro atoms. The Kier molecular flexibility index (Phi) is 4.64. The smallest absolute Gasteiger partial charge is 0.330 e. The van der Waals surface area contributed by atoms with Crippen LogP contribution in [0.4, 0.5) is 0 Å². The van der Waals surface area contributed by atoms with Gasteiger partial charge in [-0.25, -0.2) is 4.79 Å². The first-order valence-electron chi connectivity index (χ1n) is 3.95. The molecule has 0 saturated carbocycles. The Balaban J connectivity index is 3.05. The largest absolute Gasteiger partial charge is 0.466 e. The van der Waals surface area contributed by atoms with Crippen molar-refractivity contribution in [3.05, 3.63) is 38.3 Å². The molecule has 0 heterocycles. The third-order valence-electron chi connectivity index (χ3n) is 1.63. The van der Waals surface area contributed by atoms with Crippen LogP contribution in [0.15, 0.2) is 22.7 Å². The van der Waals surface area contributed by atoms with Crippen molar-refractivity contribution in [3.8, 4) is 0 Å². The molecule has 1 rings (SSSR count). The molecule has 2 nitrogen and oxygen atoms in total. The lowest BCUT2D eigenvalue weighted by Gasteiger charge is -2.02. The molecule has 0 N–H and O–H groups in total. The molecule has 0 radical (unpaired) electrons. The Hall–Kier alpha value is -0.510. The fourth-order valence-corrected chi connectivity index (χ4v) is 2.27. The van der Waals surface area contributed by atoms with Crippen LogP contribution in [0, 0.1) is 0 Å². The molecule has 0 bridgehead atoms. The minimum absolute atomic E-state index is 0.454. The number of methoxy groups -OCH3 is 1. The summed E-state index contributed by atoms with van der Waals surface area (Å²) in [4.78, 5) is 10.9. The maximum Gasteiger partial charge on any atom is 0.330 e. The van der Waals surface area contributed by atoms with Gasteiger partial charge in [-0.1, -0.05) is 39.1 Å². The first kappa shape index (κ1) is 12.6. The molecule has 1 aromatic rings. The summed E-state index contributed by atoms with van der Waals surface area (Å²) in [7, 11) is 1.30. The molecule has 0 fully saturated rings. The molecule has 15 heavy (non-hydrogen) atoms. The highest BCUT2D eigenvalue weighted by Gasteiger charge is 2.05. The summed E-state index contributed by atoms with van der Waals surface area (Å²) in [5.41, 5.74) is 0.590. The first-order valence-corrected chi connectivity index (χ1v) is 5.50. The SMILES string of the molecule is COC(=O)C=Cc1c(Cl)cc(Br)cc1Cl. The highest BCUT2D eigenvalue weighted by atomic mass is 79.9. The summed E-state index contributed by atoms with van der Waals surface area (Å²) in [6, 6.07) is 3.40. The van der Waals surface area contributed by atoms with Gasteiger partial charge in [0.25, 0.3) is 0 Å². The Labute approximate surface area is 106 Å². The Morgan fingerprint density at radius 1 is 1.40 bits per heavy atom. The van der Waals surface area contributed by atoms with Gasteiger partial charge < -0.3 is 4.74 Å². The van der Waals surface area contributed by atoms with Crippen LogP contribution in [0.25, 0.3) is 6.08 Å². The summed E-state index contributed by atoms with van der Waals surface area (Å²) in [5, 5.41) is 0.934. The molecular weight excluding hydrogens is 303 g/mol. The minimum Gasteiger partial charge on any atom is -0.466 e. The second-order valence-electron chi connectivity index (χ2n) is 2.64. The zero-order valence-electron chi connectivity index (χ0n) is 7.76. The van der Waals surface area contributed by atoms with Crippen molar-refractivity contribution in [3.63, 3.8) is 0 Å². The number of benzene rings is 1. The fourth-order valence-electron chi connectivity index (χ4n) is 0.932. The van der Waals surface area contributed by atoms with Crippen molar-refractivity contribution in [1.29, 1.82) is 0 Å². The van der Waals surface area contributed by atoms with Crippen LogP contribution in [0.3, 0.4) is 0 Å². The summed E-state index contributed by atoms with van der Waals surface area (Å²) >= 11 is 15.1. The van der Waals surface area contributed by atoms with E-state index in [1.807, 2.05) is 0 Å². The van der Waals surface area contributed by atoms with Gasteiger partial charge in [-0.05, 0) is 18.2 Å². The van der Waals surface area contributed by atoms with Gasteiger partial charge in [-0.15, -0.1) is 0 Å². The van der Waals surface area contributed by atoms with Gasteiger partial charge in [0.15, 0.2) is 0 Å². The molecule has 0 aliphatic carbocycles. The van der Waals surface area contributed by atoms with Gasteiger partial charge in [0, 0.05) is 16.1 Å². The number of carbonyl (C=O) groups excluding carboxylic acids is 1. The van der Waals surface area contributed by atoms with E-state index in [0.717, 1.165) is 4.47 Å². The number of carbonyl (C=O) groups is 1. The number of hydrogen-bond donors (Lipinski definition) is 0. The second-order valence-corrected chi connectivity index (χ2v) is 4.37. The Bertz CT molecular complexity index is 393. The lowest BCUT2D eigenvalue weighted by atomic mass is 10.2. The molecule has 1 aromatic carbocycles. The van der Waals surface area contributed by atoms with Crippen LogP contribution in [0.2, 0.25) is 10.0 Å². The summed E-state index contributed by atoms with van der Waals surface area (Å²) in [5.74, 6) is -0.454. The quantitative estimate of drug-likeness (QED) is 0.611. The first-order chi connectivity index (χ1) is 7.04. The number of halogens is 3.